The summed E-state index contributed by atoms with van der Waals surface area (Å²) in [6.45, 7) is 10.1. The second-order valence-electron chi connectivity index (χ2n) is 5.74. The van der Waals surface area contributed by atoms with E-state index in [1.54, 1.807) is 0 Å². The second-order valence-corrected chi connectivity index (χ2v) is 5.74. The molecule has 1 fully saturated rings. The fourth-order valence-electron chi connectivity index (χ4n) is 2.92. The van der Waals surface area contributed by atoms with Gasteiger partial charge in [0.25, 0.3) is 0 Å². The largest absolute Gasteiger partial charge is 0.334 e. The lowest BCUT2D eigenvalue weighted by Gasteiger charge is -2.19. The van der Waals surface area contributed by atoms with Gasteiger partial charge in [0.2, 0.25) is 0 Å². The first-order chi connectivity index (χ1) is 8.61. The molecule has 1 unspecified atom stereocenters. The first kappa shape index (κ1) is 13.6. The molecule has 3 nitrogen and oxygen atoms in total. The van der Waals surface area contributed by atoms with Gasteiger partial charge in [0.15, 0.2) is 0 Å². The average Bonchev–Trinajstić information content (AvgIpc) is 2.58. The molecule has 18 heavy (non-hydrogen) atoms. The van der Waals surface area contributed by atoms with E-state index in [9.17, 15) is 0 Å². The Bertz CT molecular complexity index is 395. The van der Waals surface area contributed by atoms with Crippen molar-refractivity contribution in [3.05, 3.63) is 17.2 Å². The van der Waals surface area contributed by atoms with Crippen LogP contribution in [0.25, 0.3) is 0 Å². The molecule has 0 aliphatic carbocycles. The molecule has 0 N–H and O–H groups in total. The maximum absolute atomic E-state index is 4.69. The minimum atomic E-state index is 0.944. The lowest BCUT2D eigenvalue weighted by atomic mass is 9.98. The van der Waals surface area contributed by atoms with Gasteiger partial charge in [-0.1, -0.05) is 13.3 Å². The molecule has 0 saturated carbocycles. The second kappa shape index (κ2) is 5.87. The predicted molar refractivity (Wildman–Crippen MR) is 75.6 cm³/mol. The van der Waals surface area contributed by atoms with Crippen molar-refractivity contribution < 1.29 is 0 Å². The zero-order valence-electron chi connectivity index (χ0n) is 12.4. The fraction of sp³-hybridized carbons (Fsp3) is 0.800. The summed E-state index contributed by atoms with van der Waals surface area (Å²) >= 11 is 0. The molecule has 2 heterocycles. The summed E-state index contributed by atoms with van der Waals surface area (Å²) in [6.07, 6.45) is 5.46. The predicted octanol–water partition coefficient (Wildman–Crippen LogP) is 3.05. The zero-order valence-corrected chi connectivity index (χ0v) is 12.4. The Labute approximate surface area is 111 Å². The SMILES string of the molecule is CCC1CCCN(Cc2nc(C)c(C)n2C)CC1. The maximum atomic E-state index is 4.69. The van der Waals surface area contributed by atoms with Crippen LogP contribution in [-0.4, -0.2) is 27.5 Å². The van der Waals surface area contributed by atoms with Crippen LogP contribution in [0.4, 0.5) is 0 Å². The summed E-state index contributed by atoms with van der Waals surface area (Å²) in [4.78, 5) is 7.28. The number of aryl methyl sites for hydroxylation is 1. The van der Waals surface area contributed by atoms with E-state index in [1.165, 1.54) is 56.0 Å². The van der Waals surface area contributed by atoms with Crippen LogP contribution in [0.3, 0.4) is 0 Å². The third kappa shape index (κ3) is 2.94. The molecule has 0 spiro atoms. The highest BCUT2D eigenvalue weighted by molar-refractivity contribution is 5.13. The summed E-state index contributed by atoms with van der Waals surface area (Å²) in [5.74, 6) is 2.17. The highest BCUT2D eigenvalue weighted by Crippen LogP contribution is 2.21. The first-order valence-corrected chi connectivity index (χ1v) is 7.33. The molecule has 1 aromatic heterocycles. The molecule has 2 rings (SSSR count). The molecule has 0 amide bonds. The van der Waals surface area contributed by atoms with E-state index < -0.39 is 0 Å². The molecule has 102 valence electrons. The van der Waals surface area contributed by atoms with Crippen LogP contribution in [0, 0.1) is 19.8 Å². The van der Waals surface area contributed by atoms with Gasteiger partial charge in [-0.05, 0) is 52.1 Å². The molecule has 1 atom stereocenters. The van der Waals surface area contributed by atoms with E-state index >= 15 is 0 Å². The molecule has 1 aliphatic rings. The number of imidazole rings is 1. The molecule has 1 aliphatic heterocycles. The van der Waals surface area contributed by atoms with E-state index in [0.717, 1.165) is 12.5 Å². The third-order valence-electron chi connectivity index (χ3n) is 4.59. The molecular weight excluding hydrogens is 222 g/mol. The number of rotatable bonds is 3. The van der Waals surface area contributed by atoms with Crippen LogP contribution in [-0.2, 0) is 13.6 Å². The van der Waals surface area contributed by atoms with Crippen molar-refractivity contribution in [2.75, 3.05) is 13.1 Å². The monoisotopic (exact) mass is 249 g/mol. The van der Waals surface area contributed by atoms with Crippen molar-refractivity contribution in [2.24, 2.45) is 13.0 Å². The minimum Gasteiger partial charge on any atom is -0.334 e. The van der Waals surface area contributed by atoms with Crippen molar-refractivity contribution >= 4 is 0 Å². The summed E-state index contributed by atoms with van der Waals surface area (Å²) in [6, 6.07) is 0. The van der Waals surface area contributed by atoms with Crippen molar-refractivity contribution in [3.63, 3.8) is 0 Å². The van der Waals surface area contributed by atoms with Crippen molar-refractivity contribution in [1.82, 2.24) is 14.5 Å². The van der Waals surface area contributed by atoms with Crippen LogP contribution >= 0.6 is 0 Å². The highest BCUT2D eigenvalue weighted by atomic mass is 15.2. The van der Waals surface area contributed by atoms with E-state index in [2.05, 4.69) is 37.3 Å². The van der Waals surface area contributed by atoms with Gasteiger partial charge < -0.3 is 4.57 Å². The van der Waals surface area contributed by atoms with Crippen LogP contribution in [0.2, 0.25) is 0 Å². The smallest absolute Gasteiger partial charge is 0.123 e. The molecule has 1 aromatic rings. The van der Waals surface area contributed by atoms with Crippen molar-refractivity contribution in [3.8, 4) is 0 Å². The van der Waals surface area contributed by atoms with Gasteiger partial charge in [-0.25, -0.2) is 4.98 Å². The van der Waals surface area contributed by atoms with Gasteiger partial charge >= 0.3 is 0 Å². The van der Waals surface area contributed by atoms with E-state index in [0.29, 0.717) is 0 Å². The summed E-state index contributed by atoms with van der Waals surface area (Å²) in [5.41, 5.74) is 2.47. The Hall–Kier alpha value is -0.830. The van der Waals surface area contributed by atoms with Gasteiger partial charge in [-0.3, -0.25) is 4.90 Å². The highest BCUT2D eigenvalue weighted by Gasteiger charge is 2.17. The summed E-state index contributed by atoms with van der Waals surface area (Å²) < 4.78 is 2.25. The van der Waals surface area contributed by atoms with Crippen LogP contribution in [0.1, 0.15) is 49.8 Å². The number of likely N-dealkylation sites (tertiary alicyclic amines) is 1. The zero-order chi connectivity index (χ0) is 13.1. The Kier molecular flexibility index (Phi) is 4.44. The summed E-state index contributed by atoms with van der Waals surface area (Å²) in [7, 11) is 2.14. The van der Waals surface area contributed by atoms with Gasteiger partial charge in [0, 0.05) is 12.7 Å². The number of hydrogen-bond donors (Lipinski definition) is 0. The van der Waals surface area contributed by atoms with Crippen LogP contribution in [0.5, 0.6) is 0 Å². The normalized spacial score (nSPS) is 22.1. The van der Waals surface area contributed by atoms with E-state index in [-0.39, 0.29) is 0 Å². The van der Waals surface area contributed by atoms with E-state index in [4.69, 9.17) is 4.98 Å². The Morgan fingerprint density at radius 3 is 2.61 bits per heavy atom. The van der Waals surface area contributed by atoms with Crippen molar-refractivity contribution in [1.29, 1.82) is 0 Å². The summed E-state index contributed by atoms with van der Waals surface area (Å²) in [5, 5.41) is 0. The van der Waals surface area contributed by atoms with Crippen molar-refractivity contribution in [2.45, 2.75) is 53.0 Å². The number of aromatic nitrogens is 2. The average molecular weight is 249 g/mol. The Balaban J connectivity index is 1.98. The van der Waals surface area contributed by atoms with E-state index in [1.807, 2.05) is 0 Å². The lowest BCUT2D eigenvalue weighted by molar-refractivity contribution is 0.262. The van der Waals surface area contributed by atoms with Gasteiger partial charge in [0.1, 0.15) is 5.82 Å². The van der Waals surface area contributed by atoms with Gasteiger partial charge in [-0.2, -0.15) is 0 Å². The molecule has 0 bridgehead atoms. The quantitative estimate of drug-likeness (QED) is 0.821. The molecule has 0 radical (unpaired) electrons. The van der Waals surface area contributed by atoms with Gasteiger partial charge in [0.05, 0.1) is 12.2 Å². The number of nitrogens with zero attached hydrogens (tertiary/aromatic N) is 3. The molecular formula is C15H27N3. The maximum Gasteiger partial charge on any atom is 0.123 e. The lowest BCUT2D eigenvalue weighted by Crippen LogP contribution is -2.26. The van der Waals surface area contributed by atoms with Crippen LogP contribution in [0.15, 0.2) is 0 Å². The standard InChI is InChI=1S/C15H27N3/c1-5-14-7-6-9-18(10-8-14)11-15-16-12(2)13(3)17(15)4/h14H,5-11H2,1-4H3. The number of hydrogen-bond acceptors (Lipinski definition) is 2. The molecule has 3 heteroatoms. The third-order valence-corrected chi connectivity index (χ3v) is 4.59. The molecule has 1 saturated heterocycles. The minimum absolute atomic E-state index is 0.944. The Morgan fingerprint density at radius 1 is 1.22 bits per heavy atom. The Morgan fingerprint density at radius 2 is 2.00 bits per heavy atom. The van der Waals surface area contributed by atoms with Crippen LogP contribution < -0.4 is 0 Å². The fourth-order valence-corrected chi connectivity index (χ4v) is 2.92. The first-order valence-electron chi connectivity index (χ1n) is 7.33. The topological polar surface area (TPSA) is 21.1 Å². The molecule has 0 aromatic carbocycles. The van der Waals surface area contributed by atoms with Gasteiger partial charge in [-0.15, -0.1) is 0 Å².